The molecule has 0 aromatic heterocycles. The van der Waals surface area contributed by atoms with Gasteiger partial charge in [0.05, 0.1) is 6.10 Å². The second kappa shape index (κ2) is 8.07. The van der Waals surface area contributed by atoms with Crippen molar-refractivity contribution < 1.29 is 9.50 Å². The Labute approximate surface area is 133 Å². The van der Waals surface area contributed by atoms with Crippen LogP contribution in [0.25, 0.3) is 0 Å². The number of aryl methyl sites for hydroxylation is 1. The molecule has 1 aliphatic rings. The van der Waals surface area contributed by atoms with E-state index in [1.807, 2.05) is 12.1 Å². The van der Waals surface area contributed by atoms with E-state index in [2.05, 4.69) is 6.92 Å². The second-order valence-electron chi connectivity index (χ2n) is 6.83. The first-order valence-corrected chi connectivity index (χ1v) is 8.77. The zero-order valence-electron chi connectivity index (χ0n) is 13.8. The largest absolute Gasteiger partial charge is 0.388 e. The number of nitrogens with two attached hydrogens (primary N) is 1. The smallest absolute Gasteiger partial charge is 0.132 e. The van der Waals surface area contributed by atoms with Gasteiger partial charge < -0.3 is 10.8 Å². The second-order valence-corrected chi connectivity index (χ2v) is 6.83. The zero-order valence-corrected chi connectivity index (χ0v) is 13.8. The number of rotatable bonds is 7. The molecule has 0 bridgehead atoms. The molecule has 22 heavy (non-hydrogen) atoms. The lowest BCUT2D eigenvalue weighted by molar-refractivity contribution is 0.161. The number of benzene rings is 1. The van der Waals surface area contributed by atoms with E-state index < -0.39 is 6.10 Å². The van der Waals surface area contributed by atoms with Gasteiger partial charge in [0.25, 0.3) is 0 Å². The van der Waals surface area contributed by atoms with Gasteiger partial charge in [0.1, 0.15) is 5.82 Å². The molecule has 0 spiro atoms. The Morgan fingerprint density at radius 1 is 1.27 bits per heavy atom. The highest BCUT2D eigenvalue weighted by Gasteiger charge is 2.30. The highest BCUT2D eigenvalue weighted by atomic mass is 19.1. The van der Waals surface area contributed by atoms with Crippen LogP contribution in [0.4, 0.5) is 4.39 Å². The standard InChI is InChI=1S/C19H30FNO/c1-2-19(11-4-3-5-12-19)13-9-15-7-6-8-16(18(15)20)17(22)10-14-21/h6-8,17,22H,2-5,9-14,21H2,1H3. The molecule has 0 aliphatic heterocycles. The fourth-order valence-electron chi connectivity index (χ4n) is 3.85. The summed E-state index contributed by atoms with van der Waals surface area (Å²) in [7, 11) is 0. The predicted octanol–water partition coefficient (Wildman–Crippen LogP) is 4.50. The SMILES string of the molecule is CCC1(CCc2cccc(C(O)CCN)c2F)CCCCC1. The number of hydrogen-bond donors (Lipinski definition) is 2. The summed E-state index contributed by atoms with van der Waals surface area (Å²) in [6.07, 6.45) is 9.14. The minimum atomic E-state index is -0.792. The van der Waals surface area contributed by atoms with E-state index in [0.29, 0.717) is 23.9 Å². The molecule has 1 aliphatic carbocycles. The molecule has 1 atom stereocenters. The normalized spacial score (nSPS) is 19.1. The molecular formula is C19H30FNO. The van der Waals surface area contributed by atoms with Gasteiger partial charge in [-0.15, -0.1) is 0 Å². The lowest BCUT2D eigenvalue weighted by Crippen LogP contribution is -2.24. The van der Waals surface area contributed by atoms with Gasteiger partial charge in [-0.2, -0.15) is 0 Å². The molecule has 1 aromatic rings. The minimum absolute atomic E-state index is 0.231. The summed E-state index contributed by atoms with van der Waals surface area (Å²) < 4.78 is 14.6. The molecule has 124 valence electrons. The van der Waals surface area contributed by atoms with Crippen molar-refractivity contribution >= 4 is 0 Å². The van der Waals surface area contributed by atoms with Gasteiger partial charge in [-0.25, -0.2) is 4.39 Å². The summed E-state index contributed by atoms with van der Waals surface area (Å²) in [6.45, 7) is 2.63. The zero-order chi connectivity index (χ0) is 16.0. The third-order valence-corrected chi connectivity index (χ3v) is 5.50. The Hall–Kier alpha value is -0.930. The van der Waals surface area contributed by atoms with Crippen LogP contribution >= 0.6 is 0 Å². The molecule has 1 fully saturated rings. The minimum Gasteiger partial charge on any atom is -0.388 e. The van der Waals surface area contributed by atoms with Gasteiger partial charge in [-0.3, -0.25) is 0 Å². The molecule has 1 saturated carbocycles. The molecule has 3 N–H and O–H groups in total. The number of halogens is 1. The fraction of sp³-hybridized carbons (Fsp3) is 0.684. The third kappa shape index (κ3) is 4.08. The fourth-order valence-corrected chi connectivity index (χ4v) is 3.85. The van der Waals surface area contributed by atoms with E-state index in [0.717, 1.165) is 18.4 Å². The number of aliphatic hydroxyl groups is 1. The van der Waals surface area contributed by atoms with Gasteiger partial charge in [-0.1, -0.05) is 50.8 Å². The number of aliphatic hydroxyl groups excluding tert-OH is 1. The lowest BCUT2D eigenvalue weighted by Gasteiger charge is -2.36. The summed E-state index contributed by atoms with van der Waals surface area (Å²) in [5, 5.41) is 10.0. The van der Waals surface area contributed by atoms with Gasteiger partial charge in [0.2, 0.25) is 0 Å². The van der Waals surface area contributed by atoms with Crippen molar-refractivity contribution in [3.63, 3.8) is 0 Å². The average molecular weight is 307 g/mol. The van der Waals surface area contributed by atoms with Crippen LogP contribution < -0.4 is 5.73 Å². The van der Waals surface area contributed by atoms with E-state index in [4.69, 9.17) is 5.73 Å². The van der Waals surface area contributed by atoms with Crippen LogP contribution in [0, 0.1) is 11.2 Å². The summed E-state index contributed by atoms with van der Waals surface area (Å²) in [6, 6.07) is 5.39. The van der Waals surface area contributed by atoms with E-state index >= 15 is 0 Å². The Morgan fingerprint density at radius 3 is 2.64 bits per heavy atom. The molecule has 1 aromatic carbocycles. The molecule has 0 heterocycles. The van der Waals surface area contributed by atoms with Crippen molar-refractivity contribution in [1.29, 1.82) is 0 Å². The molecular weight excluding hydrogens is 277 g/mol. The lowest BCUT2D eigenvalue weighted by atomic mass is 9.69. The highest BCUT2D eigenvalue weighted by Crippen LogP contribution is 2.43. The van der Waals surface area contributed by atoms with Crippen LogP contribution in [0.3, 0.4) is 0 Å². The maximum absolute atomic E-state index is 14.6. The predicted molar refractivity (Wildman–Crippen MR) is 89.2 cm³/mol. The van der Waals surface area contributed by atoms with Gasteiger partial charge in [0.15, 0.2) is 0 Å². The summed E-state index contributed by atoms with van der Waals surface area (Å²) in [5.41, 5.74) is 7.01. The quantitative estimate of drug-likeness (QED) is 0.779. The van der Waals surface area contributed by atoms with Crippen molar-refractivity contribution in [1.82, 2.24) is 0 Å². The Balaban J connectivity index is 2.07. The molecule has 0 amide bonds. The molecule has 2 rings (SSSR count). The van der Waals surface area contributed by atoms with Crippen molar-refractivity contribution in [3.05, 3.63) is 35.1 Å². The van der Waals surface area contributed by atoms with Crippen LogP contribution in [0.2, 0.25) is 0 Å². The average Bonchev–Trinajstić information content (AvgIpc) is 2.55. The van der Waals surface area contributed by atoms with Gasteiger partial charge >= 0.3 is 0 Å². The van der Waals surface area contributed by atoms with Crippen molar-refractivity contribution in [2.24, 2.45) is 11.1 Å². The Kier molecular flexibility index (Phi) is 6.39. The maximum atomic E-state index is 14.6. The van der Waals surface area contributed by atoms with Gasteiger partial charge in [-0.05, 0) is 49.6 Å². The van der Waals surface area contributed by atoms with Crippen molar-refractivity contribution in [2.45, 2.75) is 70.8 Å². The molecule has 1 unspecified atom stereocenters. The van der Waals surface area contributed by atoms with E-state index in [1.165, 1.54) is 38.5 Å². The van der Waals surface area contributed by atoms with Crippen molar-refractivity contribution in [3.8, 4) is 0 Å². The van der Waals surface area contributed by atoms with Crippen LogP contribution in [-0.2, 0) is 6.42 Å². The first kappa shape index (κ1) is 17.4. The topological polar surface area (TPSA) is 46.2 Å². The summed E-state index contributed by atoms with van der Waals surface area (Å²) >= 11 is 0. The molecule has 0 saturated heterocycles. The van der Waals surface area contributed by atoms with E-state index in [1.54, 1.807) is 6.07 Å². The highest BCUT2D eigenvalue weighted by molar-refractivity contribution is 5.28. The van der Waals surface area contributed by atoms with Crippen LogP contribution in [-0.4, -0.2) is 11.7 Å². The van der Waals surface area contributed by atoms with Crippen LogP contribution in [0.15, 0.2) is 18.2 Å². The first-order chi connectivity index (χ1) is 10.6. The Bertz CT molecular complexity index is 469. The molecule has 2 nitrogen and oxygen atoms in total. The molecule has 3 heteroatoms. The van der Waals surface area contributed by atoms with Gasteiger partial charge in [0, 0.05) is 5.56 Å². The summed E-state index contributed by atoms with van der Waals surface area (Å²) in [4.78, 5) is 0. The summed E-state index contributed by atoms with van der Waals surface area (Å²) in [5.74, 6) is -0.231. The van der Waals surface area contributed by atoms with Crippen LogP contribution in [0.5, 0.6) is 0 Å². The third-order valence-electron chi connectivity index (χ3n) is 5.50. The van der Waals surface area contributed by atoms with E-state index in [9.17, 15) is 9.50 Å². The molecule has 0 radical (unpaired) electrons. The monoisotopic (exact) mass is 307 g/mol. The number of hydrogen-bond acceptors (Lipinski definition) is 2. The Morgan fingerprint density at radius 2 is 2.00 bits per heavy atom. The van der Waals surface area contributed by atoms with E-state index in [-0.39, 0.29) is 5.82 Å². The maximum Gasteiger partial charge on any atom is 0.132 e. The van der Waals surface area contributed by atoms with Crippen LogP contribution in [0.1, 0.15) is 75.5 Å². The van der Waals surface area contributed by atoms with Crippen molar-refractivity contribution in [2.75, 3.05) is 6.54 Å². The first-order valence-electron chi connectivity index (χ1n) is 8.77.